The molecule has 0 saturated carbocycles. The quantitative estimate of drug-likeness (QED) is 0.461. The molecule has 0 fully saturated rings. The van der Waals surface area contributed by atoms with Crippen molar-refractivity contribution < 1.29 is 9.53 Å². The highest BCUT2D eigenvalue weighted by Crippen LogP contribution is 2.36. The summed E-state index contributed by atoms with van der Waals surface area (Å²) in [7, 11) is 0. The van der Waals surface area contributed by atoms with Crippen LogP contribution in [0.2, 0.25) is 0 Å². The molecule has 0 aliphatic heterocycles. The van der Waals surface area contributed by atoms with Crippen molar-refractivity contribution in [3.05, 3.63) is 66.9 Å². The number of H-pyrrole nitrogens is 2. The summed E-state index contributed by atoms with van der Waals surface area (Å²) < 4.78 is 5.54. The van der Waals surface area contributed by atoms with Crippen molar-refractivity contribution in [1.82, 2.24) is 20.2 Å². The number of esters is 1. The van der Waals surface area contributed by atoms with E-state index in [1.165, 1.54) is 4.88 Å². The molecule has 1 aliphatic rings. The highest BCUT2D eigenvalue weighted by molar-refractivity contribution is 7.18. The molecule has 5 rings (SSSR count). The summed E-state index contributed by atoms with van der Waals surface area (Å²) >= 11 is 1.56. The molecular weight excluding hydrogens is 428 g/mol. The lowest BCUT2D eigenvalue weighted by molar-refractivity contribution is -0.148. The Kier molecular flexibility index (Phi) is 5.13. The molecule has 0 radical (unpaired) electrons. The fourth-order valence-corrected chi connectivity index (χ4v) is 5.69. The van der Waals surface area contributed by atoms with Gasteiger partial charge in [0.2, 0.25) is 0 Å². The highest BCUT2D eigenvalue weighted by Gasteiger charge is 2.24. The number of carbonyl (C=O) groups is 1. The molecule has 4 aromatic rings. The van der Waals surface area contributed by atoms with Crippen molar-refractivity contribution >= 4 is 38.3 Å². The van der Waals surface area contributed by atoms with Crippen LogP contribution in [0.4, 0.5) is 0 Å². The Hall–Kier alpha value is -3.33. The van der Waals surface area contributed by atoms with Gasteiger partial charge in [0.1, 0.15) is 4.83 Å². The van der Waals surface area contributed by atoms with Gasteiger partial charge in [-0.25, -0.2) is 10.1 Å². The van der Waals surface area contributed by atoms with Crippen LogP contribution in [0.1, 0.15) is 48.3 Å². The predicted octanol–water partition coefficient (Wildman–Crippen LogP) is 3.19. The molecule has 2 N–H and O–H groups in total. The summed E-state index contributed by atoms with van der Waals surface area (Å²) in [5.41, 5.74) is 1.04. The maximum absolute atomic E-state index is 12.8. The Balaban J connectivity index is 1.39. The zero-order chi connectivity index (χ0) is 22.4. The SMILES string of the molecule is CC1CCc2c(sc3nc(C(C)OC(=O)Cc4n[nH]c(=O)c5ccccc45)[nH]c(=O)c23)C1. The number of benzene rings is 1. The Labute approximate surface area is 186 Å². The number of fused-ring (bicyclic) bond motifs is 4. The van der Waals surface area contributed by atoms with E-state index in [1.54, 1.807) is 42.5 Å². The Morgan fingerprint density at radius 3 is 2.84 bits per heavy atom. The molecule has 8 nitrogen and oxygen atoms in total. The van der Waals surface area contributed by atoms with E-state index in [2.05, 4.69) is 27.1 Å². The molecule has 164 valence electrons. The van der Waals surface area contributed by atoms with Crippen molar-refractivity contribution in [2.45, 2.75) is 45.6 Å². The summed E-state index contributed by atoms with van der Waals surface area (Å²) in [6.07, 6.45) is 2.09. The van der Waals surface area contributed by atoms with E-state index in [1.807, 2.05) is 0 Å². The third-order valence-corrected chi connectivity index (χ3v) is 7.11. The topological polar surface area (TPSA) is 118 Å². The lowest BCUT2D eigenvalue weighted by atomic mass is 9.89. The first-order valence-corrected chi connectivity index (χ1v) is 11.4. The van der Waals surface area contributed by atoms with Gasteiger partial charge in [0.25, 0.3) is 11.1 Å². The van der Waals surface area contributed by atoms with Gasteiger partial charge in [0.05, 0.1) is 22.9 Å². The maximum Gasteiger partial charge on any atom is 0.312 e. The highest BCUT2D eigenvalue weighted by atomic mass is 32.1. The predicted molar refractivity (Wildman–Crippen MR) is 122 cm³/mol. The zero-order valence-electron chi connectivity index (χ0n) is 17.7. The zero-order valence-corrected chi connectivity index (χ0v) is 18.5. The van der Waals surface area contributed by atoms with Crippen LogP contribution in [0, 0.1) is 5.92 Å². The Morgan fingerprint density at radius 2 is 2.03 bits per heavy atom. The van der Waals surface area contributed by atoms with Gasteiger partial charge in [0, 0.05) is 10.3 Å². The van der Waals surface area contributed by atoms with Crippen LogP contribution < -0.4 is 11.1 Å². The van der Waals surface area contributed by atoms with Crippen molar-refractivity contribution in [1.29, 1.82) is 0 Å². The van der Waals surface area contributed by atoms with Crippen LogP contribution in [-0.2, 0) is 28.8 Å². The average molecular weight is 451 g/mol. The van der Waals surface area contributed by atoms with Gasteiger partial charge in [-0.2, -0.15) is 5.10 Å². The molecular formula is C23H22N4O4S. The monoisotopic (exact) mass is 450 g/mol. The number of ether oxygens (including phenoxy) is 1. The van der Waals surface area contributed by atoms with Gasteiger partial charge >= 0.3 is 5.97 Å². The molecule has 1 aliphatic carbocycles. The number of nitrogens with one attached hydrogen (secondary N) is 2. The molecule has 2 atom stereocenters. The lowest BCUT2D eigenvalue weighted by Gasteiger charge is -2.17. The second-order valence-corrected chi connectivity index (χ2v) is 9.42. The smallest absolute Gasteiger partial charge is 0.312 e. The number of aryl methyl sites for hydroxylation is 1. The van der Waals surface area contributed by atoms with Gasteiger partial charge in [-0.05, 0) is 43.7 Å². The second kappa shape index (κ2) is 7.98. The van der Waals surface area contributed by atoms with E-state index >= 15 is 0 Å². The summed E-state index contributed by atoms with van der Waals surface area (Å²) in [5.74, 6) is 0.401. The van der Waals surface area contributed by atoms with Crippen molar-refractivity contribution in [3.8, 4) is 0 Å². The molecule has 1 aromatic carbocycles. The molecule has 0 bridgehead atoms. The normalized spacial score (nSPS) is 16.8. The number of aromatic nitrogens is 4. The number of rotatable bonds is 4. The van der Waals surface area contributed by atoms with Crippen LogP contribution in [0.3, 0.4) is 0 Å². The first kappa shape index (κ1) is 20.6. The maximum atomic E-state index is 12.8. The number of hydrogen-bond acceptors (Lipinski definition) is 7. The average Bonchev–Trinajstić information content (AvgIpc) is 3.13. The number of carbonyl (C=O) groups excluding carboxylic acids is 1. The molecule has 9 heteroatoms. The van der Waals surface area contributed by atoms with Crippen LogP contribution in [0.5, 0.6) is 0 Å². The fourth-order valence-electron chi connectivity index (χ4n) is 4.30. The number of aromatic amines is 2. The second-order valence-electron chi connectivity index (χ2n) is 8.34. The molecule has 0 saturated heterocycles. The van der Waals surface area contributed by atoms with Gasteiger partial charge in [-0.1, -0.05) is 25.1 Å². The third-order valence-electron chi connectivity index (χ3n) is 5.96. The largest absolute Gasteiger partial charge is 0.454 e. The molecule has 0 spiro atoms. The summed E-state index contributed by atoms with van der Waals surface area (Å²) in [4.78, 5) is 46.7. The van der Waals surface area contributed by atoms with E-state index in [0.29, 0.717) is 38.4 Å². The minimum atomic E-state index is -0.730. The Bertz CT molecular complexity index is 1470. The van der Waals surface area contributed by atoms with Gasteiger partial charge < -0.3 is 9.72 Å². The number of nitrogens with zero attached hydrogens (tertiary/aromatic N) is 2. The summed E-state index contributed by atoms with van der Waals surface area (Å²) in [5, 5.41) is 8.17. The molecule has 2 unspecified atom stereocenters. The van der Waals surface area contributed by atoms with Gasteiger partial charge in [-0.3, -0.25) is 14.4 Å². The van der Waals surface area contributed by atoms with Crippen molar-refractivity contribution in [2.24, 2.45) is 5.92 Å². The lowest BCUT2D eigenvalue weighted by Crippen LogP contribution is -2.20. The minimum Gasteiger partial charge on any atom is -0.454 e. The van der Waals surface area contributed by atoms with Gasteiger partial charge in [-0.15, -0.1) is 11.3 Å². The van der Waals surface area contributed by atoms with E-state index in [4.69, 9.17) is 4.74 Å². The molecule has 3 heterocycles. The molecule has 3 aromatic heterocycles. The van der Waals surface area contributed by atoms with E-state index < -0.39 is 12.1 Å². The van der Waals surface area contributed by atoms with Crippen LogP contribution in [-0.4, -0.2) is 26.1 Å². The van der Waals surface area contributed by atoms with Crippen molar-refractivity contribution in [3.63, 3.8) is 0 Å². The first-order chi connectivity index (χ1) is 15.4. The van der Waals surface area contributed by atoms with Crippen LogP contribution in [0.25, 0.3) is 21.0 Å². The van der Waals surface area contributed by atoms with E-state index in [-0.39, 0.29) is 17.5 Å². The van der Waals surface area contributed by atoms with Gasteiger partial charge in [0.15, 0.2) is 11.9 Å². The Morgan fingerprint density at radius 1 is 1.25 bits per heavy atom. The standard InChI is InChI=1S/C23H22N4O4S/c1-11-7-8-15-17(9-11)32-23-19(15)22(30)24-20(25-23)12(2)31-18(28)10-16-13-5-3-4-6-14(13)21(29)27-26-16/h3-6,11-12H,7-10H2,1-2H3,(H,27,29)(H,24,25,30). The number of thiophene rings is 1. The third kappa shape index (κ3) is 3.62. The molecule has 0 amide bonds. The van der Waals surface area contributed by atoms with Crippen LogP contribution in [0.15, 0.2) is 33.9 Å². The first-order valence-electron chi connectivity index (χ1n) is 10.6. The van der Waals surface area contributed by atoms with E-state index in [0.717, 1.165) is 24.8 Å². The summed E-state index contributed by atoms with van der Waals surface area (Å²) in [6, 6.07) is 6.96. The fraction of sp³-hybridized carbons (Fsp3) is 0.348. The van der Waals surface area contributed by atoms with E-state index in [9.17, 15) is 14.4 Å². The van der Waals surface area contributed by atoms with Crippen LogP contribution >= 0.6 is 11.3 Å². The number of hydrogen-bond donors (Lipinski definition) is 2. The molecule has 32 heavy (non-hydrogen) atoms. The minimum absolute atomic E-state index is 0.112. The summed E-state index contributed by atoms with van der Waals surface area (Å²) in [6.45, 7) is 3.90. The van der Waals surface area contributed by atoms with Crippen molar-refractivity contribution in [2.75, 3.05) is 0 Å².